The molecule has 1 aliphatic heterocycles. The minimum absolute atomic E-state index is 0.0254. The third kappa shape index (κ3) is 3.46. The Bertz CT molecular complexity index is 258. The second-order valence-electron chi connectivity index (χ2n) is 3.76. The van der Waals surface area contributed by atoms with E-state index in [1.165, 1.54) is 4.90 Å². The third-order valence-corrected chi connectivity index (χ3v) is 2.47. The van der Waals surface area contributed by atoms with Gasteiger partial charge in [0.25, 0.3) is 0 Å². The molecule has 1 heterocycles. The number of hydrogen-bond acceptors (Lipinski definition) is 4. The molecule has 0 aromatic rings. The SMILES string of the molecule is CCCOCC(=O)N1CCNCC1C(N)=O. The van der Waals surface area contributed by atoms with Crippen molar-refractivity contribution in [2.24, 2.45) is 5.73 Å². The monoisotopic (exact) mass is 229 g/mol. The number of nitrogens with two attached hydrogens (primary N) is 1. The maximum atomic E-state index is 11.8. The van der Waals surface area contributed by atoms with Crippen LogP contribution < -0.4 is 11.1 Å². The van der Waals surface area contributed by atoms with E-state index in [-0.39, 0.29) is 12.5 Å². The van der Waals surface area contributed by atoms with E-state index in [2.05, 4.69) is 5.32 Å². The highest BCUT2D eigenvalue weighted by Crippen LogP contribution is 2.03. The van der Waals surface area contributed by atoms with Crippen LogP contribution in [-0.2, 0) is 14.3 Å². The standard InChI is InChI=1S/C10H19N3O3/c1-2-5-16-7-9(14)13-4-3-12-6-8(13)10(11)15/h8,12H,2-7H2,1H3,(H2,11,15). The van der Waals surface area contributed by atoms with Gasteiger partial charge >= 0.3 is 0 Å². The Morgan fingerprint density at radius 1 is 1.56 bits per heavy atom. The van der Waals surface area contributed by atoms with Gasteiger partial charge in [-0.15, -0.1) is 0 Å². The molecule has 0 aliphatic carbocycles. The van der Waals surface area contributed by atoms with Gasteiger partial charge in [-0.2, -0.15) is 0 Å². The van der Waals surface area contributed by atoms with Crippen molar-refractivity contribution < 1.29 is 14.3 Å². The summed E-state index contributed by atoms with van der Waals surface area (Å²) in [7, 11) is 0. The molecule has 1 unspecified atom stereocenters. The summed E-state index contributed by atoms with van der Waals surface area (Å²) in [5.74, 6) is -0.644. The van der Waals surface area contributed by atoms with Gasteiger partial charge < -0.3 is 20.7 Å². The summed E-state index contributed by atoms with van der Waals surface area (Å²) < 4.78 is 5.16. The molecule has 1 atom stereocenters. The molecule has 1 fully saturated rings. The second kappa shape index (κ2) is 6.44. The lowest BCUT2D eigenvalue weighted by molar-refractivity contribution is -0.144. The van der Waals surface area contributed by atoms with Gasteiger partial charge in [-0.05, 0) is 6.42 Å². The van der Waals surface area contributed by atoms with Gasteiger partial charge in [0.1, 0.15) is 12.6 Å². The number of ether oxygens (including phenoxy) is 1. The lowest BCUT2D eigenvalue weighted by atomic mass is 10.2. The van der Waals surface area contributed by atoms with Gasteiger partial charge in [0.2, 0.25) is 11.8 Å². The highest BCUT2D eigenvalue weighted by molar-refractivity contribution is 5.87. The average molecular weight is 229 g/mol. The van der Waals surface area contributed by atoms with E-state index in [1.807, 2.05) is 6.92 Å². The van der Waals surface area contributed by atoms with Crippen LogP contribution in [0.3, 0.4) is 0 Å². The number of hydrogen-bond donors (Lipinski definition) is 2. The average Bonchev–Trinajstić information content (AvgIpc) is 2.29. The number of carbonyl (C=O) groups is 2. The van der Waals surface area contributed by atoms with Gasteiger partial charge in [-0.1, -0.05) is 6.92 Å². The minimum Gasteiger partial charge on any atom is -0.372 e. The Morgan fingerprint density at radius 2 is 2.31 bits per heavy atom. The first-order valence-electron chi connectivity index (χ1n) is 5.54. The largest absolute Gasteiger partial charge is 0.372 e. The molecule has 1 aliphatic rings. The summed E-state index contributed by atoms with van der Waals surface area (Å²) in [5, 5.41) is 3.03. The highest BCUT2D eigenvalue weighted by Gasteiger charge is 2.30. The van der Waals surface area contributed by atoms with Gasteiger partial charge in [0.15, 0.2) is 0 Å². The zero-order valence-corrected chi connectivity index (χ0v) is 9.57. The van der Waals surface area contributed by atoms with Crippen LogP contribution in [0.15, 0.2) is 0 Å². The Morgan fingerprint density at radius 3 is 2.94 bits per heavy atom. The summed E-state index contributed by atoms with van der Waals surface area (Å²) >= 11 is 0. The van der Waals surface area contributed by atoms with E-state index in [0.717, 1.165) is 6.42 Å². The van der Waals surface area contributed by atoms with Crippen molar-refractivity contribution in [3.63, 3.8) is 0 Å². The fourth-order valence-corrected chi connectivity index (χ4v) is 1.64. The molecule has 2 amide bonds. The zero-order valence-electron chi connectivity index (χ0n) is 9.57. The van der Waals surface area contributed by atoms with Gasteiger partial charge in [-0.25, -0.2) is 0 Å². The number of nitrogens with one attached hydrogen (secondary N) is 1. The lowest BCUT2D eigenvalue weighted by Gasteiger charge is -2.34. The van der Waals surface area contributed by atoms with Crippen molar-refractivity contribution in [1.29, 1.82) is 0 Å². The smallest absolute Gasteiger partial charge is 0.249 e. The number of piperazine rings is 1. The maximum absolute atomic E-state index is 11.8. The van der Waals surface area contributed by atoms with Crippen LogP contribution in [0.25, 0.3) is 0 Å². The molecule has 6 heteroatoms. The first-order chi connectivity index (χ1) is 7.66. The quantitative estimate of drug-likeness (QED) is 0.574. The minimum atomic E-state index is -0.550. The number of primary amides is 1. The Kier molecular flexibility index (Phi) is 5.21. The van der Waals surface area contributed by atoms with E-state index in [1.54, 1.807) is 0 Å². The van der Waals surface area contributed by atoms with E-state index < -0.39 is 11.9 Å². The summed E-state index contributed by atoms with van der Waals surface area (Å²) in [6.45, 7) is 4.16. The molecule has 6 nitrogen and oxygen atoms in total. The van der Waals surface area contributed by atoms with Crippen molar-refractivity contribution in [2.75, 3.05) is 32.8 Å². The van der Waals surface area contributed by atoms with Crippen molar-refractivity contribution in [1.82, 2.24) is 10.2 Å². The summed E-state index contributed by atoms with van der Waals surface area (Å²) in [6, 6.07) is -0.550. The van der Waals surface area contributed by atoms with Crippen LogP contribution in [0.1, 0.15) is 13.3 Å². The van der Waals surface area contributed by atoms with Crippen molar-refractivity contribution >= 4 is 11.8 Å². The van der Waals surface area contributed by atoms with Gasteiger partial charge in [-0.3, -0.25) is 9.59 Å². The van der Waals surface area contributed by atoms with Crippen LogP contribution in [0.4, 0.5) is 0 Å². The molecule has 92 valence electrons. The molecule has 16 heavy (non-hydrogen) atoms. The van der Waals surface area contributed by atoms with Crippen LogP contribution in [0.5, 0.6) is 0 Å². The summed E-state index contributed by atoms with van der Waals surface area (Å²) in [5.41, 5.74) is 5.24. The number of amides is 2. The predicted octanol–water partition coefficient (Wildman–Crippen LogP) is -1.30. The fourth-order valence-electron chi connectivity index (χ4n) is 1.64. The van der Waals surface area contributed by atoms with E-state index in [0.29, 0.717) is 26.2 Å². The van der Waals surface area contributed by atoms with Crippen molar-refractivity contribution in [2.45, 2.75) is 19.4 Å². The Hall–Kier alpha value is -1.14. The Balaban J connectivity index is 2.47. The molecule has 0 radical (unpaired) electrons. The molecule has 0 bridgehead atoms. The zero-order chi connectivity index (χ0) is 12.0. The van der Waals surface area contributed by atoms with E-state index in [9.17, 15) is 9.59 Å². The lowest BCUT2D eigenvalue weighted by Crippen LogP contribution is -2.59. The van der Waals surface area contributed by atoms with Crippen LogP contribution >= 0.6 is 0 Å². The normalized spacial score (nSPS) is 20.8. The first kappa shape index (κ1) is 12.9. The molecule has 0 spiro atoms. The molecular formula is C10H19N3O3. The molecule has 1 saturated heterocycles. The predicted molar refractivity (Wildman–Crippen MR) is 58.7 cm³/mol. The second-order valence-corrected chi connectivity index (χ2v) is 3.76. The number of rotatable bonds is 5. The third-order valence-electron chi connectivity index (χ3n) is 2.47. The summed E-state index contributed by atoms with van der Waals surface area (Å²) in [4.78, 5) is 24.4. The molecule has 1 rings (SSSR count). The molecule has 0 aromatic heterocycles. The van der Waals surface area contributed by atoms with Crippen LogP contribution in [0.2, 0.25) is 0 Å². The van der Waals surface area contributed by atoms with Crippen LogP contribution in [0, 0.1) is 0 Å². The molecule has 3 N–H and O–H groups in total. The fraction of sp³-hybridized carbons (Fsp3) is 0.800. The van der Waals surface area contributed by atoms with Crippen molar-refractivity contribution in [3.8, 4) is 0 Å². The van der Waals surface area contributed by atoms with E-state index >= 15 is 0 Å². The van der Waals surface area contributed by atoms with Crippen LogP contribution in [-0.4, -0.2) is 55.6 Å². The van der Waals surface area contributed by atoms with Crippen molar-refractivity contribution in [3.05, 3.63) is 0 Å². The van der Waals surface area contributed by atoms with Gasteiger partial charge in [0.05, 0.1) is 0 Å². The molecule has 0 aromatic carbocycles. The maximum Gasteiger partial charge on any atom is 0.249 e. The molecular weight excluding hydrogens is 210 g/mol. The highest BCUT2D eigenvalue weighted by atomic mass is 16.5. The Labute approximate surface area is 95.1 Å². The topological polar surface area (TPSA) is 84.7 Å². The van der Waals surface area contributed by atoms with Gasteiger partial charge in [0, 0.05) is 26.2 Å². The first-order valence-corrected chi connectivity index (χ1v) is 5.54. The number of nitrogens with zero attached hydrogens (tertiary/aromatic N) is 1. The number of carbonyl (C=O) groups excluding carboxylic acids is 2. The molecule has 0 saturated carbocycles. The summed E-state index contributed by atoms with van der Waals surface area (Å²) in [6.07, 6.45) is 0.869. The van der Waals surface area contributed by atoms with E-state index in [4.69, 9.17) is 10.5 Å².